The first-order valence-electron chi connectivity index (χ1n) is 10.2. The lowest BCUT2D eigenvalue weighted by atomic mass is 10.2. The van der Waals surface area contributed by atoms with Gasteiger partial charge in [0.15, 0.2) is 0 Å². The summed E-state index contributed by atoms with van der Waals surface area (Å²) in [6.45, 7) is 3.46. The number of thiophene rings is 1. The lowest BCUT2D eigenvalue weighted by molar-refractivity contribution is -0.130. The normalized spacial score (nSPS) is 20.5. The maximum atomic E-state index is 12.9. The molecule has 4 rings (SSSR count). The number of nitrogens with zero attached hydrogens (tertiary/aromatic N) is 2. The number of para-hydroxylation sites is 2. The zero-order chi connectivity index (χ0) is 18.5. The van der Waals surface area contributed by atoms with Crippen LogP contribution in [0, 0.1) is 0 Å². The molecule has 2 aliphatic heterocycles. The third kappa shape index (κ3) is 4.29. The quantitative estimate of drug-likeness (QED) is 0.797. The Morgan fingerprint density at radius 1 is 1.00 bits per heavy atom. The molecule has 1 aromatic heterocycles. The number of amides is 1. The summed E-state index contributed by atoms with van der Waals surface area (Å²) in [7, 11) is 0. The zero-order valence-electron chi connectivity index (χ0n) is 15.9. The van der Waals surface area contributed by atoms with Crippen molar-refractivity contribution in [1.29, 1.82) is 0 Å². The molecule has 27 heavy (non-hydrogen) atoms. The average Bonchev–Trinajstić information content (AvgIpc) is 3.33. The second-order valence-corrected chi connectivity index (χ2v) is 8.51. The summed E-state index contributed by atoms with van der Waals surface area (Å²) in [6, 6.07) is 12.9. The maximum absolute atomic E-state index is 12.9. The van der Waals surface area contributed by atoms with Crippen molar-refractivity contribution in [3.8, 4) is 0 Å². The van der Waals surface area contributed by atoms with Crippen LogP contribution < -0.4 is 10.2 Å². The zero-order valence-corrected chi connectivity index (χ0v) is 16.7. The second kappa shape index (κ2) is 8.79. The number of carbonyl (C=O) groups excluding carboxylic acids is 1. The monoisotopic (exact) mass is 383 g/mol. The van der Waals surface area contributed by atoms with E-state index in [9.17, 15) is 4.79 Å². The minimum Gasteiger partial charge on any atom is -0.374 e. The molecule has 0 spiro atoms. The molecule has 1 atom stereocenters. The molecule has 2 aromatic rings. The van der Waals surface area contributed by atoms with Crippen molar-refractivity contribution in [1.82, 2.24) is 4.90 Å². The summed E-state index contributed by atoms with van der Waals surface area (Å²) in [5.41, 5.74) is 2.32. The van der Waals surface area contributed by atoms with E-state index in [1.165, 1.54) is 36.2 Å². The van der Waals surface area contributed by atoms with E-state index in [-0.39, 0.29) is 11.9 Å². The highest BCUT2D eigenvalue weighted by Crippen LogP contribution is 2.34. The van der Waals surface area contributed by atoms with Gasteiger partial charge in [-0.15, -0.1) is 11.3 Å². The Balaban J connectivity index is 1.42. The Bertz CT molecular complexity index is 738. The van der Waals surface area contributed by atoms with Gasteiger partial charge in [0, 0.05) is 24.5 Å². The summed E-state index contributed by atoms with van der Waals surface area (Å²) in [4.78, 5) is 18.8. The van der Waals surface area contributed by atoms with E-state index >= 15 is 0 Å². The van der Waals surface area contributed by atoms with Crippen LogP contribution in [0.1, 0.15) is 49.4 Å². The first-order chi connectivity index (χ1) is 13.3. The van der Waals surface area contributed by atoms with Crippen LogP contribution in [-0.2, 0) is 4.79 Å². The van der Waals surface area contributed by atoms with Crippen molar-refractivity contribution in [3.63, 3.8) is 0 Å². The van der Waals surface area contributed by atoms with Gasteiger partial charge in [0.05, 0.1) is 24.0 Å². The van der Waals surface area contributed by atoms with Gasteiger partial charge >= 0.3 is 0 Å². The Labute approximate surface area is 166 Å². The molecule has 0 radical (unpaired) electrons. The van der Waals surface area contributed by atoms with Crippen LogP contribution in [0.3, 0.4) is 0 Å². The minimum atomic E-state index is 0.205. The molecule has 2 saturated heterocycles. The van der Waals surface area contributed by atoms with Gasteiger partial charge < -0.3 is 15.1 Å². The van der Waals surface area contributed by atoms with Gasteiger partial charge in [-0.2, -0.15) is 0 Å². The molecule has 2 fully saturated rings. The van der Waals surface area contributed by atoms with Crippen LogP contribution in [0.15, 0.2) is 41.8 Å². The van der Waals surface area contributed by atoms with E-state index in [1.807, 2.05) is 0 Å². The van der Waals surface area contributed by atoms with Gasteiger partial charge in [-0.3, -0.25) is 4.79 Å². The molecule has 0 bridgehead atoms. The molecule has 4 nitrogen and oxygen atoms in total. The molecule has 0 aliphatic carbocycles. The van der Waals surface area contributed by atoms with Gasteiger partial charge in [0.25, 0.3) is 0 Å². The summed E-state index contributed by atoms with van der Waals surface area (Å²) in [5, 5.41) is 5.55. The number of carbonyl (C=O) groups is 1. The second-order valence-electron chi connectivity index (χ2n) is 7.53. The SMILES string of the molecule is O=C(CNc1ccccc1N1CCCCCC1)N1CCC[C@H]1c1cccs1. The van der Waals surface area contributed by atoms with Gasteiger partial charge in [-0.25, -0.2) is 0 Å². The maximum Gasteiger partial charge on any atom is 0.242 e. The van der Waals surface area contributed by atoms with Crippen molar-refractivity contribution >= 4 is 28.6 Å². The van der Waals surface area contributed by atoms with E-state index in [1.54, 1.807) is 11.3 Å². The first kappa shape index (κ1) is 18.4. The summed E-state index contributed by atoms with van der Waals surface area (Å²) < 4.78 is 0. The fourth-order valence-electron chi connectivity index (χ4n) is 4.32. The molecule has 5 heteroatoms. The Morgan fingerprint density at radius 3 is 2.59 bits per heavy atom. The van der Waals surface area contributed by atoms with Crippen molar-refractivity contribution < 1.29 is 4.79 Å². The number of likely N-dealkylation sites (tertiary alicyclic amines) is 1. The molecule has 2 aliphatic rings. The van der Waals surface area contributed by atoms with E-state index in [0.717, 1.165) is 38.2 Å². The van der Waals surface area contributed by atoms with Gasteiger partial charge in [-0.05, 0) is 49.3 Å². The predicted molar refractivity (Wildman–Crippen MR) is 114 cm³/mol. The van der Waals surface area contributed by atoms with Crippen LogP contribution in [0.5, 0.6) is 0 Å². The van der Waals surface area contributed by atoms with Crippen molar-refractivity contribution in [2.45, 2.75) is 44.6 Å². The molecule has 0 unspecified atom stereocenters. The molecular weight excluding hydrogens is 354 g/mol. The van der Waals surface area contributed by atoms with Crippen LogP contribution in [0.2, 0.25) is 0 Å². The number of anilines is 2. The first-order valence-corrected chi connectivity index (χ1v) is 11.1. The largest absolute Gasteiger partial charge is 0.374 e. The molecule has 0 saturated carbocycles. The van der Waals surface area contributed by atoms with E-state index < -0.39 is 0 Å². The van der Waals surface area contributed by atoms with Gasteiger partial charge in [-0.1, -0.05) is 31.0 Å². The van der Waals surface area contributed by atoms with E-state index in [2.05, 4.69) is 56.9 Å². The summed E-state index contributed by atoms with van der Waals surface area (Å²) >= 11 is 1.76. The van der Waals surface area contributed by atoms with Crippen molar-refractivity contribution in [3.05, 3.63) is 46.7 Å². The Hall–Kier alpha value is -2.01. The molecule has 1 N–H and O–H groups in total. The number of rotatable bonds is 5. The number of benzene rings is 1. The summed E-state index contributed by atoms with van der Waals surface area (Å²) in [5.74, 6) is 0.205. The Kier molecular flexibility index (Phi) is 5.97. The lowest BCUT2D eigenvalue weighted by Crippen LogP contribution is -2.35. The number of nitrogens with one attached hydrogen (secondary N) is 1. The third-order valence-electron chi connectivity index (χ3n) is 5.73. The molecule has 3 heterocycles. The topological polar surface area (TPSA) is 35.6 Å². The fourth-order valence-corrected chi connectivity index (χ4v) is 5.20. The highest BCUT2D eigenvalue weighted by atomic mass is 32.1. The van der Waals surface area contributed by atoms with Crippen LogP contribution in [0.4, 0.5) is 11.4 Å². The van der Waals surface area contributed by atoms with E-state index in [4.69, 9.17) is 0 Å². The molecule has 1 aromatic carbocycles. The minimum absolute atomic E-state index is 0.205. The van der Waals surface area contributed by atoms with Crippen molar-refractivity contribution in [2.24, 2.45) is 0 Å². The van der Waals surface area contributed by atoms with Crippen molar-refractivity contribution in [2.75, 3.05) is 36.4 Å². The highest BCUT2D eigenvalue weighted by Gasteiger charge is 2.30. The van der Waals surface area contributed by atoms with Crippen LogP contribution in [0.25, 0.3) is 0 Å². The van der Waals surface area contributed by atoms with Gasteiger partial charge in [0.1, 0.15) is 0 Å². The highest BCUT2D eigenvalue weighted by molar-refractivity contribution is 7.10. The predicted octanol–water partition coefficient (Wildman–Crippen LogP) is 4.90. The van der Waals surface area contributed by atoms with Crippen LogP contribution >= 0.6 is 11.3 Å². The smallest absolute Gasteiger partial charge is 0.242 e. The number of hydrogen-bond acceptors (Lipinski definition) is 4. The lowest BCUT2D eigenvalue weighted by Gasteiger charge is -2.27. The number of hydrogen-bond donors (Lipinski definition) is 1. The fraction of sp³-hybridized carbons (Fsp3) is 0.500. The van der Waals surface area contributed by atoms with Gasteiger partial charge in [0.2, 0.25) is 5.91 Å². The van der Waals surface area contributed by atoms with E-state index in [0.29, 0.717) is 6.54 Å². The summed E-state index contributed by atoms with van der Waals surface area (Å²) in [6.07, 6.45) is 7.33. The Morgan fingerprint density at radius 2 is 1.81 bits per heavy atom. The average molecular weight is 384 g/mol. The van der Waals surface area contributed by atoms with Crippen LogP contribution in [-0.4, -0.2) is 37.0 Å². The molecule has 144 valence electrons. The molecule has 1 amide bonds. The third-order valence-corrected chi connectivity index (χ3v) is 6.70. The molecular formula is C22H29N3OS. The standard InChI is InChI=1S/C22H29N3OS/c26-22(25-15-7-11-20(25)21-12-8-16-27-21)17-23-18-9-3-4-10-19(18)24-13-5-1-2-6-14-24/h3-4,8-10,12,16,20,23H,1-2,5-7,11,13-15,17H2/t20-/m0/s1.